The van der Waals surface area contributed by atoms with E-state index >= 15 is 0 Å². The maximum Gasteiger partial charge on any atom is 0.207 e. The number of ketones is 1. The normalized spacial score (nSPS) is 11.2. The molecule has 0 unspecified atom stereocenters. The van der Waals surface area contributed by atoms with Crippen LogP contribution in [0.2, 0.25) is 0 Å². The van der Waals surface area contributed by atoms with Gasteiger partial charge >= 0.3 is 0 Å². The third kappa shape index (κ3) is 5.82. The van der Waals surface area contributed by atoms with Crippen molar-refractivity contribution < 1.29 is 24.5 Å². The molecule has 70 valence electrons. The fourth-order valence-electron chi connectivity index (χ4n) is 0.319. The highest BCUT2D eigenvalue weighted by molar-refractivity contribution is 6.32. The van der Waals surface area contributed by atoms with Crippen molar-refractivity contribution in [1.29, 1.82) is 0 Å². The van der Waals surface area contributed by atoms with Crippen molar-refractivity contribution in [1.82, 2.24) is 0 Å². The largest absolute Gasteiger partial charge is 0.542 e. The molecule has 0 heterocycles. The van der Waals surface area contributed by atoms with E-state index in [1.807, 2.05) is 0 Å². The quantitative estimate of drug-likeness (QED) is 0.313. The average Bonchev–Trinajstić information content (AvgIpc) is 1.84. The van der Waals surface area contributed by atoms with E-state index in [1.165, 1.54) is 0 Å². The Labute approximate surface area is 70.2 Å². The summed E-state index contributed by atoms with van der Waals surface area (Å²) in [7, 11) is 0. The topological polar surface area (TPSA) is 75.7 Å². The lowest BCUT2D eigenvalue weighted by molar-refractivity contribution is -0.345. The molecule has 0 saturated carbocycles. The lowest BCUT2D eigenvalue weighted by Gasteiger charge is -2.16. The minimum absolute atomic E-state index is 0.563. The Kier molecular flexibility index (Phi) is 3.85. The highest BCUT2D eigenvalue weighted by atomic mass is 17.2. The number of carboxylic acid groups (broad SMARTS) is 1. The zero-order valence-corrected chi connectivity index (χ0v) is 7.25. The highest BCUT2D eigenvalue weighted by Gasteiger charge is 2.12. The van der Waals surface area contributed by atoms with E-state index in [0.29, 0.717) is 0 Å². The zero-order chi connectivity index (χ0) is 9.78. The summed E-state index contributed by atoms with van der Waals surface area (Å²) in [5, 5.41) is 9.86. The van der Waals surface area contributed by atoms with Crippen molar-refractivity contribution in [2.75, 3.05) is 6.61 Å². The SMILES string of the molecule is CC(C)(C)OOCC(=O)C(=O)[O-]. The summed E-state index contributed by atoms with van der Waals surface area (Å²) in [5.41, 5.74) is -0.563. The summed E-state index contributed by atoms with van der Waals surface area (Å²) in [6.45, 7) is 4.49. The van der Waals surface area contributed by atoms with Crippen LogP contribution in [0, 0.1) is 0 Å². The monoisotopic (exact) mass is 175 g/mol. The maximum atomic E-state index is 10.4. The van der Waals surface area contributed by atoms with Gasteiger partial charge in [-0.2, -0.15) is 0 Å². The number of Topliss-reactive ketones (excluding diaryl/α,β-unsaturated/α-hetero) is 1. The van der Waals surface area contributed by atoms with Gasteiger partial charge in [0.05, 0.1) is 5.60 Å². The van der Waals surface area contributed by atoms with Crippen molar-refractivity contribution in [3.8, 4) is 0 Å². The number of hydrogen-bond acceptors (Lipinski definition) is 5. The third-order valence-corrected chi connectivity index (χ3v) is 0.727. The Morgan fingerprint density at radius 1 is 1.33 bits per heavy atom. The van der Waals surface area contributed by atoms with Gasteiger partial charge in [-0.3, -0.25) is 4.79 Å². The van der Waals surface area contributed by atoms with Crippen molar-refractivity contribution >= 4 is 11.8 Å². The van der Waals surface area contributed by atoms with Crippen LogP contribution in [-0.2, 0) is 19.4 Å². The van der Waals surface area contributed by atoms with Crippen LogP contribution >= 0.6 is 0 Å². The fourth-order valence-corrected chi connectivity index (χ4v) is 0.319. The average molecular weight is 175 g/mol. The van der Waals surface area contributed by atoms with Gasteiger partial charge in [0, 0.05) is 0 Å². The predicted octanol–water partition coefficient (Wildman–Crippen LogP) is -0.948. The summed E-state index contributed by atoms with van der Waals surface area (Å²) in [4.78, 5) is 29.2. The second kappa shape index (κ2) is 4.18. The first-order valence-electron chi connectivity index (χ1n) is 3.38. The minimum atomic E-state index is -1.77. The summed E-state index contributed by atoms with van der Waals surface area (Å²) in [6, 6.07) is 0. The van der Waals surface area contributed by atoms with E-state index in [2.05, 4.69) is 9.78 Å². The molecule has 0 N–H and O–H groups in total. The molecule has 0 aromatic heterocycles. The Hall–Kier alpha value is -0.940. The van der Waals surface area contributed by atoms with Crippen LogP contribution in [0.15, 0.2) is 0 Å². The molecule has 0 saturated heterocycles. The van der Waals surface area contributed by atoms with Crippen molar-refractivity contribution in [3.05, 3.63) is 0 Å². The third-order valence-electron chi connectivity index (χ3n) is 0.727. The molecule has 0 atom stereocenters. The van der Waals surface area contributed by atoms with E-state index in [9.17, 15) is 14.7 Å². The molecule has 0 aromatic carbocycles. The van der Waals surface area contributed by atoms with E-state index in [0.717, 1.165) is 0 Å². The van der Waals surface area contributed by atoms with Crippen LogP contribution < -0.4 is 5.11 Å². The lowest BCUT2D eigenvalue weighted by atomic mass is 10.2. The van der Waals surface area contributed by atoms with Gasteiger partial charge in [-0.1, -0.05) is 0 Å². The van der Waals surface area contributed by atoms with Crippen LogP contribution in [0.25, 0.3) is 0 Å². The first-order chi connectivity index (χ1) is 5.33. The van der Waals surface area contributed by atoms with Crippen LogP contribution in [0.5, 0.6) is 0 Å². The van der Waals surface area contributed by atoms with Crippen molar-refractivity contribution in [2.24, 2.45) is 0 Å². The maximum absolute atomic E-state index is 10.4. The Morgan fingerprint density at radius 3 is 2.17 bits per heavy atom. The van der Waals surface area contributed by atoms with E-state index in [4.69, 9.17) is 0 Å². The van der Waals surface area contributed by atoms with Crippen LogP contribution in [0.3, 0.4) is 0 Å². The molecule has 0 fully saturated rings. The zero-order valence-electron chi connectivity index (χ0n) is 7.25. The van der Waals surface area contributed by atoms with Gasteiger partial charge in [0.1, 0.15) is 12.6 Å². The molecule has 0 rings (SSSR count). The summed E-state index contributed by atoms with van der Waals surface area (Å²) in [5.74, 6) is -2.91. The van der Waals surface area contributed by atoms with Gasteiger partial charge in [-0.25, -0.2) is 9.78 Å². The van der Waals surface area contributed by atoms with Crippen molar-refractivity contribution in [2.45, 2.75) is 26.4 Å². The Balaban J connectivity index is 3.58. The first kappa shape index (κ1) is 11.1. The molecule has 0 spiro atoms. The number of carbonyl (C=O) groups excluding carboxylic acids is 2. The van der Waals surface area contributed by atoms with E-state index < -0.39 is 24.0 Å². The van der Waals surface area contributed by atoms with Crippen LogP contribution in [-0.4, -0.2) is 24.0 Å². The van der Waals surface area contributed by atoms with E-state index in [-0.39, 0.29) is 0 Å². The smallest absolute Gasteiger partial charge is 0.207 e. The van der Waals surface area contributed by atoms with E-state index in [1.54, 1.807) is 20.8 Å². The van der Waals surface area contributed by atoms with Crippen LogP contribution in [0.1, 0.15) is 20.8 Å². The fraction of sp³-hybridized carbons (Fsp3) is 0.714. The second-order valence-corrected chi connectivity index (χ2v) is 3.17. The standard InChI is InChI=1S/C7H12O5/c1-7(2,3)12-11-4-5(8)6(9)10/h4H2,1-3H3,(H,9,10)/p-1. The summed E-state index contributed by atoms with van der Waals surface area (Å²) < 4.78 is 0. The lowest BCUT2D eigenvalue weighted by Crippen LogP contribution is -2.35. The molecule has 0 bridgehead atoms. The molecule has 0 amide bonds. The number of carbonyl (C=O) groups is 2. The van der Waals surface area contributed by atoms with Gasteiger partial charge in [-0.15, -0.1) is 0 Å². The van der Waals surface area contributed by atoms with Crippen molar-refractivity contribution in [3.63, 3.8) is 0 Å². The first-order valence-corrected chi connectivity index (χ1v) is 3.38. The summed E-state index contributed by atoms with van der Waals surface area (Å²) in [6.07, 6.45) is 0. The molecular weight excluding hydrogens is 164 g/mol. The Morgan fingerprint density at radius 2 is 1.83 bits per heavy atom. The number of aliphatic carboxylic acids is 1. The molecule has 5 nitrogen and oxygen atoms in total. The molecule has 5 heteroatoms. The van der Waals surface area contributed by atoms with Gasteiger partial charge < -0.3 is 9.90 Å². The molecule has 0 aliphatic heterocycles. The number of hydrogen-bond donors (Lipinski definition) is 0. The van der Waals surface area contributed by atoms with Gasteiger partial charge in [0.25, 0.3) is 0 Å². The molecule has 0 aliphatic carbocycles. The number of rotatable bonds is 4. The van der Waals surface area contributed by atoms with Gasteiger partial charge in [0.2, 0.25) is 5.78 Å². The Bertz CT molecular complexity index is 179. The highest BCUT2D eigenvalue weighted by Crippen LogP contribution is 2.06. The molecule has 0 aromatic rings. The van der Waals surface area contributed by atoms with Crippen LogP contribution in [0.4, 0.5) is 0 Å². The van der Waals surface area contributed by atoms with Gasteiger partial charge in [-0.05, 0) is 20.8 Å². The van der Waals surface area contributed by atoms with Gasteiger partial charge in [0.15, 0.2) is 0 Å². The predicted molar refractivity (Wildman–Crippen MR) is 36.8 cm³/mol. The number of carboxylic acids is 1. The summed E-state index contributed by atoms with van der Waals surface area (Å²) >= 11 is 0. The second-order valence-electron chi connectivity index (χ2n) is 3.17. The molecule has 12 heavy (non-hydrogen) atoms. The minimum Gasteiger partial charge on any atom is -0.542 e. The molecule has 0 radical (unpaired) electrons. The molecular formula is C7H11O5-. The molecule has 0 aliphatic rings.